The largest absolute Gasteiger partial charge is 0.487 e. The molecule has 0 aromatic heterocycles. The highest BCUT2D eigenvalue weighted by Crippen LogP contribution is 2.20. The molecular formula is C10H13F2NO2. The van der Waals surface area contributed by atoms with Crippen LogP contribution in [-0.4, -0.2) is 18.1 Å². The Kier molecular flexibility index (Phi) is 4.45. The van der Waals surface area contributed by atoms with Crippen LogP contribution in [0.1, 0.15) is 11.1 Å². The first kappa shape index (κ1) is 11.9. The molecule has 0 fully saturated rings. The first-order valence-electron chi connectivity index (χ1n) is 4.51. The van der Waals surface area contributed by atoms with E-state index in [9.17, 15) is 8.78 Å². The first-order valence-corrected chi connectivity index (χ1v) is 4.51. The number of hydrogen-bond acceptors (Lipinski definition) is 3. The van der Waals surface area contributed by atoms with Crippen LogP contribution in [-0.2, 0) is 13.2 Å². The molecule has 0 unspecified atom stereocenters. The fourth-order valence-corrected chi connectivity index (χ4v) is 1.18. The van der Waals surface area contributed by atoms with Crippen molar-refractivity contribution in [3.8, 4) is 5.75 Å². The molecule has 0 heterocycles. The number of hydrogen-bond donors (Lipinski definition) is 2. The number of aliphatic hydroxyl groups is 1. The highest BCUT2D eigenvalue weighted by molar-refractivity contribution is 5.37. The number of halogens is 2. The zero-order valence-corrected chi connectivity index (χ0v) is 8.12. The second-order valence-corrected chi connectivity index (χ2v) is 3.01. The van der Waals surface area contributed by atoms with E-state index in [4.69, 9.17) is 15.6 Å². The average molecular weight is 217 g/mol. The second kappa shape index (κ2) is 5.63. The molecule has 0 bridgehead atoms. The number of benzene rings is 1. The number of ether oxygens (including phenoxy) is 1. The molecule has 0 radical (unpaired) electrons. The average Bonchev–Trinajstić information content (AvgIpc) is 2.25. The van der Waals surface area contributed by atoms with Gasteiger partial charge in [0.1, 0.15) is 12.4 Å². The Morgan fingerprint density at radius 1 is 1.40 bits per heavy atom. The van der Waals surface area contributed by atoms with Gasteiger partial charge in [-0.1, -0.05) is 6.07 Å². The summed E-state index contributed by atoms with van der Waals surface area (Å²) < 4.78 is 28.7. The summed E-state index contributed by atoms with van der Waals surface area (Å²) in [6.45, 7) is -0.569. The predicted molar refractivity (Wildman–Crippen MR) is 51.8 cm³/mol. The van der Waals surface area contributed by atoms with Gasteiger partial charge in [0.25, 0.3) is 6.43 Å². The van der Waals surface area contributed by atoms with E-state index in [-0.39, 0.29) is 13.2 Å². The van der Waals surface area contributed by atoms with Gasteiger partial charge in [-0.15, -0.1) is 0 Å². The topological polar surface area (TPSA) is 55.5 Å². The standard InChI is InChI=1S/C10H13F2NO2/c11-10(12)6-15-9-2-1-7(5-14)3-8(9)4-13/h1-3,10,14H,4-6,13H2. The monoisotopic (exact) mass is 217 g/mol. The van der Waals surface area contributed by atoms with Crippen molar-refractivity contribution in [2.75, 3.05) is 6.61 Å². The van der Waals surface area contributed by atoms with Crippen LogP contribution in [0.5, 0.6) is 5.75 Å². The summed E-state index contributed by atoms with van der Waals surface area (Å²) >= 11 is 0. The lowest BCUT2D eigenvalue weighted by atomic mass is 10.1. The van der Waals surface area contributed by atoms with Crippen molar-refractivity contribution in [2.45, 2.75) is 19.6 Å². The van der Waals surface area contributed by atoms with E-state index in [0.29, 0.717) is 16.9 Å². The third-order valence-electron chi connectivity index (χ3n) is 1.89. The van der Waals surface area contributed by atoms with Gasteiger partial charge in [0.2, 0.25) is 0 Å². The number of aliphatic hydroxyl groups excluding tert-OH is 1. The third kappa shape index (κ3) is 3.45. The number of alkyl halides is 2. The Hall–Kier alpha value is -1.20. The van der Waals surface area contributed by atoms with Gasteiger partial charge < -0.3 is 15.6 Å². The van der Waals surface area contributed by atoms with Crippen LogP contribution in [0, 0.1) is 0 Å². The van der Waals surface area contributed by atoms with Crippen LogP contribution < -0.4 is 10.5 Å². The molecule has 3 N–H and O–H groups in total. The SMILES string of the molecule is NCc1cc(CO)ccc1OCC(F)F. The molecular weight excluding hydrogens is 204 g/mol. The lowest BCUT2D eigenvalue weighted by molar-refractivity contribution is 0.0814. The van der Waals surface area contributed by atoms with Crippen molar-refractivity contribution in [1.29, 1.82) is 0 Å². The van der Waals surface area contributed by atoms with E-state index in [1.807, 2.05) is 0 Å². The normalized spacial score (nSPS) is 10.7. The Bertz CT molecular complexity index is 318. The maximum Gasteiger partial charge on any atom is 0.272 e. The molecule has 0 aliphatic carbocycles. The Morgan fingerprint density at radius 3 is 2.67 bits per heavy atom. The van der Waals surface area contributed by atoms with E-state index in [2.05, 4.69) is 0 Å². The zero-order valence-electron chi connectivity index (χ0n) is 8.12. The van der Waals surface area contributed by atoms with Gasteiger partial charge in [-0.05, 0) is 17.7 Å². The first-order chi connectivity index (χ1) is 7.17. The van der Waals surface area contributed by atoms with E-state index < -0.39 is 13.0 Å². The zero-order chi connectivity index (χ0) is 11.3. The second-order valence-electron chi connectivity index (χ2n) is 3.01. The fraction of sp³-hybridized carbons (Fsp3) is 0.400. The summed E-state index contributed by atoms with van der Waals surface area (Å²) in [5.74, 6) is 0.343. The van der Waals surface area contributed by atoms with Crippen LogP contribution in [0.2, 0.25) is 0 Å². The van der Waals surface area contributed by atoms with E-state index in [0.717, 1.165) is 0 Å². The van der Waals surface area contributed by atoms with Crippen LogP contribution in [0.4, 0.5) is 8.78 Å². The van der Waals surface area contributed by atoms with Crippen LogP contribution in [0.25, 0.3) is 0 Å². The molecule has 84 valence electrons. The van der Waals surface area contributed by atoms with E-state index in [1.54, 1.807) is 12.1 Å². The summed E-state index contributed by atoms with van der Waals surface area (Å²) in [5, 5.41) is 8.86. The van der Waals surface area contributed by atoms with Gasteiger partial charge in [-0.25, -0.2) is 8.78 Å². The van der Waals surface area contributed by atoms with Crippen molar-refractivity contribution in [2.24, 2.45) is 5.73 Å². The quantitative estimate of drug-likeness (QED) is 0.781. The van der Waals surface area contributed by atoms with Gasteiger partial charge in [-0.3, -0.25) is 0 Å². The molecule has 0 aliphatic rings. The van der Waals surface area contributed by atoms with Crippen molar-refractivity contribution < 1.29 is 18.6 Å². The smallest absolute Gasteiger partial charge is 0.272 e. The third-order valence-corrected chi connectivity index (χ3v) is 1.89. The van der Waals surface area contributed by atoms with Crippen molar-refractivity contribution >= 4 is 0 Å². The summed E-state index contributed by atoms with van der Waals surface area (Å²) in [6, 6.07) is 4.79. The minimum atomic E-state index is -2.51. The molecule has 3 nitrogen and oxygen atoms in total. The molecule has 5 heteroatoms. The molecule has 1 aromatic carbocycles. The summed E-state index contributed by atoms with van der Waals surface area (Å²) in [6.07, 6.45) is -2.51. The molecule has 0 saturated carbocycles. The van der Waals surface area contributed by atoms with Gasteiger partial charge in [0, 0.05) is 12.1 Å². The summed E-state index contributed by atoms with van der Waals surface area (Å²) in [4.78, 5) is 0. The maximum atomic E-state index is 11.9. The molecule has 1 aromatic rings. The summed E-state index contributed by atoms with van der Waals surface area (Å²) in [7, 11) is 0. The van der Waals surface area contributed by atoms with Crippen molar-refractivity contribution in [3.05, 3.63) is 29.3 Å². The predicted octanol–water partition coefficient (Wildman–Crippen LogP) is 1.28. The van der Waals surface area contributed by atoms with Crippen molar-refractivity contribution in [3.63, 3.8) is 0 Å². The molecule has 1 rings (SSSR count). The van der Waals surface area contributed by atoms with Crippen LogP contribution >= 0.6 is 0 Å². The molecule has 0 amide bonds. The minimum Gasteiger partial charge on any atom is -0.487 e. The van der Waals surface area contributed by atoms with Crippen LogP contribution in [0.3, 0.4) is 0 Å². The Labute approximate surface area is 86.5 Å². The van der Waals surface area contributed by atoms with Gasteiger partial charge in [0.05, 0.1) is 6.61 Å². The highest BCUT2D eigenvalue weighted by Gasteiger charge is 2.07. The molecule has 0 spiro atoms. The fourth-order valence-electron chi connectivity index (χ4n) is 1.18. The number of rotatable bonds is 5. The molecule has 0 aliphatic heterocycles. The van der Waals surface area contributed by atoms with Gasteiger partial charge >= 0.3 is 0 Å². The highest BCUT2D eigenvalue weighted by atomic mass is 19.3. The van der Waals surface area contributed by atoms with E-state index in [1.165, 1.54) is 6.07 Å². The molecule has 0 saturated heterocycles. The Morgan fingerprint density at radius 2 is 2.13 bits per heavy atom. The maximum absolute atomic E-state index is 11.9. The minimum absolute atomic E-state index is 0.109. The molecule has 0 atom stereocenters. The lowest BCUT2D eigenvalue weighted by Gasteiger charge is -2.10. The molecule has 15 heavy (non-hydrogen) atoms. The van der Waals surface area contributed by atoms with Gasteiger partial charge in [0.15, 0.2) is 0 Å². The van der Waals surface area contributed by atoms with Crippen LogP contribution in [0.15, 0.2) is 18.2 Å². The number of nitrogens with two attached hydrogens (primary N) is 1. The Balaban J connectivity index is 2.78. The summed E-state index contributed by atoms with van der Waals surface area (Å²) in [5.41, 5.74) is 6.73. The van der Waals surface area contributed by atoms with Gasteiger partial charge in [-0.2, -0.15) is 0 Å². The lowest BCUT2D eigenvalue weighted by Crippen LogP contribution is -2.10. The van der Waals surface area contributed by atoms with E-state index >= 15 is 0 Å². The van der Waals surface area contributed by atoms with Crippen molar-refractivity contribution in [1.82, 2.24) is 0 Å².